The minimum Gasteiger partial charge on any atom is -0.310 e. The van der Waals surface area contributed by atoms with Crippen LogP contribution in [0.3, 0.4) is 0 Å². The molecule has 3 aliphatic carbocycles. The minimum absolute atomic E-state index is 0.0254. The molecule has 0 fully saturated rings. The Hall–Kier alpha value is -9.90. The highest BCUT2D eigenvalue weighted by Crippen LogP contribution is 2.55. The maximum Gasteiger partial charge on any atom is 0.252 e. The molecule has 0 saturated carbocycles. The normalized spacial score (nSPS) is 13.5. The summed E-state index contributed by atoms with van der Waals surface area (Å²) in [5.74, 6) is 0. The summed E-state index contributed by atoms with van der Waals surface area (Å²) >= 11 is 0. The lowest BCUT2D eigenvalue weighted by Crippen LogP contribution is -2.59. The number of benzene rings is 13. The van der Waals surface area contributed by atoms with Crippen LogP contribution in [0.4, 0.5) is 0 Å². The van der Waals surface area contributed by atoms with Gasteiger partial charge in [-0.05, 0) is 152 Å². The smallest absolute Gasteiger partial charge is 0.252 e. The molecule has 0 amide bonds. The zero-order valence-corrected chi connectivity index (χ0v) is 40.7. The van der Waals surface area contributed by atoms with Gasteiger partial charge < -0.3 is 13.7 Å². The van der Waals surface area contributed by atoms with Crippen LogP contribution in [0, 0.1) is 0 Å². The van der Waals surface area contributed by atoms with Crippen LogP contribution in [0.25, 0.3) is 182 Å². The fourth-order valence-electron chi connectivity index (χ4n) is 16.3. The number of hydrogen-bond donors (Lipinski definition) is 0. The van der Waals surface area contributed by atoms with Gasteiger partial charge in [0, 0.05) is 43.7 Å². The average Bonchev–Trinajstić information content (AvgIpc) is 4.25. The van der Waals surface area contributed by atoms with E-state index < -0.39 is 0 Å². The van der Waals surface area contributed by atoms with E-state index in [-0.39, 0.29) is 6.71 Å². The molecule has 3 nitrogen and oxygen atoms in total. The van der Waals surface area contributed by atoms with Gasteiger partial charge in [-0.1, -0.05) is 182 Å². The molecule has 0 unspecified atom stereocenters. The van der Waals surface area contributed by atoms with E-state index in [0.717, 1.165) is 5.69 Å². The van der Waals surface area contributed by atoms with Gasteiger partial charge >= 0.3 is 0 Å². The molecular weight excluding hydrogens is 918 g/mol. The second-order valence-electron chi connectivity index (χ2n) is 22.1. The van der Waals surface area contributed by atoms with Gasteiger partial charge in [0.2, 0.25) is 0 Å². The van der Waals surface area contributed by atoms with Crippen LogP contribution >= 0.6 is 0 Å². The Morgan fingerprint density at radius 3 is 1.01 bits per heavy atom. The Labute approximate surface area is 434 Å². The third-order valence-electron chi connectivity index (χ3n) is 19.0. The van der Waals surface area contributed by atoms with E-state index in [4.69, 9.17) is 0 Å². The SMILES string of the molecule is c1ccc2c(c1)-c1cccc3ccc4c(c13)c1c-2cccc1n4-c1cc2c3c(c1)-n1c4ccc5cccc6c5c4c4c(ccc(c41)B3c1ccc3c4c5c7c(cccc7ccc5n-2c14)-c1ccccc1-3)-c1ccccc1-6. The van der Waals surface area contributed by atoms with E-state index in [2.05, 4.69) is 232 Å². The number of nitrogens with zero attached hydrogens (tertiary/aromatic N) is 3. The number of aromatic nitrogens is 3. The van der Waals surface area contributed by atoms with Crippen molar-refractivity contribution in [1.82, 2.24) is 13.7 Å². The third kappa shape index (κ3) is 4.02. The predicted octanol–water partition coefficient (Wildman–Crippen LogP) is 16.5. The van der Waals surface area contributed by atoms with Crippen molar-refractivity contribution in [2.24, 2.45) is 0 Å². The highest BCUT2D eigenvalue weighted by molar-refractivity contribution is 7.00. The molecular formula is C72H36BN3. The van der Waals surface area contributed by atoms with Crippen molar-refractivity contribution in [1.29, 1.82) is 0 Å². The fourth-order valence-corrected chi connectivity index (χ4v) is 16.3. The molecule has 5 heterocycles. The van der Waals surface area contributed by atoms with E-state index in [9.17, 15) is 0 Å². The topological polar surface area (TPSA) is 14.8 Å². The number of hydrogen-bond acceptors (Lipinski definition) is 0. The zero-order chi connectivity index (χ0) is 48.5. The third-order valence-corrected chi connectivity index (χ3v) is 19.0. The summed E-state index contributed by atoms with van der Waals surface area (Å²) in [6.45, 7) is -0.0254. The Morgan fingerprint density at radius 1 is 0.237 bits per heavy atom. The van der Waals surface area contributed by atoms with E-state index in [1.165, 1.54) is 192 Å². The van der Waals surface area contributed by atoms with Gasteiger partial charge in [-0.15, -0.1) is 0 Å². The Morgan fingerprint density at radius 2 is 0.579 bits per heavy atom. The molecule has 2 aliphatic heterocycles. The molecule has 13 aromatic carbocycles. The molecule has 342 valence electrons. The Bertz CT molecular complexity index is 5360. The van der Waals surface area contributed by atoms with Gasteiger partial charge in [-0.3, -0.25) is 0 Å². The van der Waals surface area contributed by atoms with Crippen LogP contribution in [0.5, 0.6) is 0 Å². The summed E-state index contributed by atoms with van der Waals surface area (Å²) < 4.78 is 8.02. The molecule has 4 heteroatoms. The Kier molecular flexibility index (Phi) is 6.23. The van der Waals surface area contributed by atoms with Gasteiger partial charge in [0.25, 0.3) is 6.71 Å². The van der Waals surface area contributed by atoms with Gasteiger partial charge in [-0.25, -0.2) is 0 Å². The fraction of sp³-hybridized carbons (Fsp3) is 0. The van der Waals surface area contributed by atoms with E-state index >= 15 is 0 Å². The molecule has 5 aliphatic rings. The number of rotatable bonds is 1. The van der Waals surface area contributed by atoms with Crippen molar-refractivity contribution in [2.75, 3.05) is 0 Å². The summed E-state index contributed by atoms with van der Waals surface area (Å²) in [4.78, 5) is 0. The van der Waals surface area contributed by atoms with Gasteiger partial charge in [0.1, 0.15) is 0 Å². The average molecular weight is 954 g/mol. The van der Waals surface area contributed by atoms with Crippen molar-refractivity contribution in [3.05, 3.63) is 218 Å². The largest absolute Gasteiger partial charge is 0.310 e. The maximum atomic E-state index is 2.70. The van der Waals surface area contributed by atoms with Crippen molar-refractivity contribution in [3.63, 3.8) is 0 Å². The standard InChI is InChI=1S/C72H36BN3/c1-4-17-44-41(14-1)47-20-7-11-37-25-32-56-67(61(37)47)64-50(44)23-10-24-55(64)74(56)40-35-59-70-60(36-40)76-58-34-27-39-13-9-22-49-43-16-3-6-19-46(43)52-29-31-54(72(76)66(52)69(58)63(39)49)73(70)53-30-28-51-45-18-5-2-15-42(45)48-21-8-12-38-26-33-57-68(62(38)48)65(51)71(53)75(57)59/h1-36H. The quantitative estimate of drug-likeness (QED) is 0.146. The lowest BCUT2D eigenvalue weighted by atomic mass is 9.34. The van der Waals surface area contributed by atoms with Crippen molar-refractivity contribution in [2.45, 2.75) is 0 Å². The highest BCUT2D eigenvalue weighted by atomic mass is 15.1. The summed E-state index contributed by atoms with van der Waals surface area (Å²) in [6, 6.07) is 84.5. The second kappa shape index (κ2) is 12.5. The zero-order valence-electron chi connectivity index (χ0n) is 40.7. The predicted molar refractivity (Wildman–Crippen MR) is 320 cm³/mol. The molecule has 0 spiro atoms. The first-order chi connectivity index (χ1) is 37.8. The summed E-state index contributed by atoms with van der Waals surface area (Å²) in [7, 11) is 0. The van der Waals surface area contributed by atoms with Crippen LogP contribution in [0.1, 0.15) is 0 Å². The monoisotopic (exact) mass is 953 g/mol. The van der Waals surface area contributed by atoms with Crippen LogP contribution in [-0.4, -0.2) is 20.4 Å². The van der Waals surface area contributed by atoms with Crippen LogP contribution in [-0.2, 0) is 0 Å². The Balaban J connectivity index is 0.996. The molecule has 0 saturated heterocycles. The molecule has 21 rings (SSSR count). The first-order valence-corrected chi connectivity index (χ1v) is 26.8. The minimum atomic E-state index is -0.0254. The molecule has 0 bridgehead atoms. The lowest BCUT2D eigenvalue weighted by molar-refractivity contribution is 1.10. The van der Waals surface area contributed by atoms with Crippen molar-refractivity contribution in [3.8, 4) is 83.8 Å². The maximum absolute atomic E-state index is 2.70. The van der Waals surface area contributed by atoms with Crippen LogP contribution in [0.15, 0.2) is 218 Å². The molecule has 76 heavy (non-hydrogen) atoms. The summed E-state index contributed by atoms with van der Waals surface area (Å²) in [5, 5.41) is 15.9. The van der Waals surface area contributed by atoms with E-state index in [1.54, 1.807) is 0 Å². The van der Waals surface area contributed by atoms with Gasteiger partial charge in [0.15, 0.2) is 0 Å². The molecule has 0 N–H and O–H groups in total. The molecule has 0 atom stereocenters. The van der Waals surface area contributed by atoms with Crippen LogP contribution < -0.4 is 16.4 Å². The summed E-state index contributed by atoms with van der Waals surface area (Å²) in [5.41, 5.74) is 30.9. The van der Waals surface area contributed by atoms with E-state index in [1.807, 2.05) is 0 Å². The van der Waals surface area contributed by atoms with Crippen molar-refractivity contribution < 1.29 is 0 Å². The second-order valence-corrected chi connectivity index (χ2v) is 22.1. The molecule has 16 aromatic rings. The van der Waals surface area contributed by atoms with Crippen molar-refractivity contribution >= 4 is 121 Å². The summed E-state index contributed by atoms with van der Waals surface area (Å²) in [6.07, 6.45) is 0. The van der Waals surface area contributed by atoms with Crippen LogP contribution in [0.2, 0.25) is 0 Å². The first kappa shape index (κ1) is 37.8. The first-order valence-electron chi connectivity index (χ1n) is 26.8. The lowest BCUT2D eigenvalue weighted by Gasteiger charge is -2.35. The van der Waals surface area contributed by atoms with Gasteiger partial charge in [0.05, 0.1) is 38.8 Å². The highest BCUT2D eigenvalue weighted by Gasteiger charge is 2.44. The van der Waals surface area contributed by atoms with E-state index in [0.29, 0.717) is 0 Å². The van der Waals surface area contributed by atoms with Gasteiger partial charge in [-0.2, -0.15) is 0 Å². The molecule has 3 aromatic heterocycles. The number of fused-ring (bicyclic) bond motifs is 15. The molecule has 0 radical (unpaired) electrons.